The molecule has 2 aliphatic rings. The maximum absolute atomic E-state index is 11.9. The molecule has 0 radical (unpaired) electrons. The standard InChI is InChI=1S/C18H34N2O2S/c1-17(2,3)22-16(21)20-15-9-7-8-14(12-15)19-13-18(23-4)10-5-6-11-18/h14-15,19H,5-13H2,1-4H3,(H,20,21). The molecule has 0 aromatic carbocycles. The summed E-state index contributed by atoms with van der Waals surface area (Å²) in [6.07, 6.45) is 11.9. The van der Waals surface area contributed by atoms with E-state index >= 15 is 0 Å². The SMILES string of the molecule is CSC1(CNC2CCCC(NC(=O)OC(C)(C)C)C2)CCCC1. The summed E-state index contributed by atoms with van der Waals surface area (Å²) in [6, 6.07) is 0.762. The fraction of sp³-hybridized carbons (Fsp3) is 0.944. The van der Waals surface area contributed by atoms with E-state index in [0.29, 0.717) is 10.8 Å². The summed E-state index contributed by atoms with van der Waals surface area (Å²) in [5.41, 5.74) is -0.427. The Morgan fingerprint density at radius 1 is 1.17 bits per heavy atom. The van der Waals surface area contributed by atoms with Crippen molar-refractivity contribution in [2.75, 3.05) is 12.8 Å². The van der Waals surface area contributed by atoms with Crippen LogP contribution in [0.2, 0.25) is 0 Å². The van der Waals surface area contributed by atoms with Gasteiger partial charge in [-0.25, -0.2) is 4.79 Å². The van der Waals surface area contributed by atoms with Gasteiger partial charge in [0.15, 0.2) is 0 Å². The first-order chi connectivity index (χ1) is 10.8. The normalized spacial score (nSPS) is 27.7. The molecule has 23 heavy (non-hydrogen) atoms. The quantitative estimate of drug-likeness (QED) is 0.790. The number of hydrogen-bond donors (Lipinski definition) is 2. The zero-order valence-corrected chi connectivity index (χ0v) is 16.1. The molecule has 2 atom stereocenters. The molecule has 134 valence electrons. The molecule has 0 aromatic heterocycles. The van der Waals surface area contributed by atoms with Gasteiger partial charge in [0.2, 0.25) is 0 Å². The summed E-state index contributed by atoms with van der Waals surface area (Å²) >= 11 is 2.03. The molecule has 2 rings (SSSR count). The number of carbonyl (C=O) groups is 1. The molecular formula is C18H34N2O2S. The highest BCUT2D eigenvalue weighted by molar-refractivity contribution is 8.00. The van der Waals surface area contributed by atoms with E-state index in [0.717, 1.165) is 19.4 Å². The van der Waals surface area contributed by atoms with Crippen molar-refractivity contribution in [3.05, 3.63) is 0 Å². The van der Waals surface area contributed by atoms with Crippen molar-refractivity contribution in [2.45, 2.75) is 94.6 Å². The van der Waals surface area contributed by atoms with Crippen LogP contribution in [0.25, 0.3) is 0 Å². The maximum Gasteiger partial charge on any atom is 0.407 e. The molecule has 5 heteroatoms. The highest BCUT2D eigenvalue weighted by Crippen LogP contribution is 2.39. The average Bonchev–Trinajstić information content (AvgIpc) is 2.93. The van der Waals surface area contributed by atoms with Crippen molar-refractivity contribution >= 4 is 17.9 Å². The Hall–Kier alpha value is -0.420. The van der Waals surface area contributed by atoms with Gasteiger partial charge in [-0.3, -0.25) is 0 Å². The van der Waals surface area contributed by atoms with E-state index in [1.54, 1.807) is 0 Å². The Balaban J connectivity index is 1.76. The third-order valence-electron chi connectivity index (χ3n) is 5.06. The summed E-state index contributed by atoms with van der Waals surface area (Å²) in [5, 5.41) is 6.84. The largest absolute Gasteiger partial charge is 0.444 e. The minimum Gasteiger partial charge on any atom is -0.444 e. The maximum atomic E-state index is 11.9. The van der Waals surface area contributed by atoms with Crippen LogP contribution in [0, 0.1) is 0 Å². The summed E-state index contributed by atoms with van der Waals surface area (Å²) in [5.74, 6) is 0. The van der Waals surface area contributed by atoms with Gasteiger partial charge < -0.3 is 15.4 Å². The van der Waals surface area contributed by atoms with E-state index in [-0.39, 0.29) is 12.1 Å². The number of hydrogen-bond acceptors (Lipinski definition) is 4. The van der Waals surface area contributed by atoms with E-state index in [9.17, 15) is 4.79 Å². The molecule has 0 heterocycles. The minimum atomic E-state index is -0.427. The number of rotatable bonds is 5. The highest BCUT2D eigenvalue weighted by Gasteiger charge is 2.34. The van der Waals surface area contributed by atoms with Crippen molar-refractivity contribution in [1.29, 1.82) is 0 Å². The first-order valence-corrected chi connectivity index (χ1v) is 10.3. The lowest BCUT2D eigenvalue weighted by atomic mass is 9.90. The van der Waals surface area contributed by atoms with Crippen LogP contribution < -0.4 is 10.6 Å². The Labute approximate surface area is 145 Å². The fourth-order valence-corrected chi connectivity index (χ4v) is 4.71. The molecule has 2 N–H and O–H groups in total. The first-order valence-electron chi connectivity index (χ1n) is 9.10. The second-order valence-electron chi connectivity index (χ2n) is 8.18. The molecule has 2 fully saturated rings. The van der Waals surface area contributed by atoms with Crippen molar-refractivity contribution in [3.63, 3.8) is 0 Å². The number of ether oxygens (including phenoxy) is 1. The molecule has 4 nitrogen and oxygen atoms in total. The lowest BCUT2D eigenvalue weighted by Crippen LogP contribution is -2.48. The van der Waals surface area contributed by atoms with Gasteiger partial charge in [0.1, 0.15) is 5.60 Å². The molecule has 2 unspecified atom stereocenters. The number of thioether (sulfide) groups is 1. The Kier molecular flexibility index (Phi) is 6.66. The zero-order chi connectivity index (χ0) is 16.9. The zero-order valence-electron chi connectivity index (χ0n) is 15.2. The van der Waals surface area contributed by atoms with Crippen LogP contribution in [0.1, 0.15) is 72.1 Å². The molecule has 0 spiro atoms. The Morgan fingerprint density at radius 2 is 1.83 bits per heavy atom. The molecule has 0 bridgehead atoms. The van der Waals surface area contributed by atoms with Crippen molar-refractivity contribution in [3.8, 4) is 0 Å². The molecule has 1 amide bonds. The molecule has 0 aliphatic heterocycles. The number of nitrogens with one attached hydrogen (secondary N) is 2. The predicted octanol–water partition coefficient (Wildman–Crippen LogP) is 4.09. The van der Waals surface area contributed by atoms with Gasteiger partial charge >= 0.3 is 6.09 Å². The van der Waals surface area contributed by atoms with Crippen LogP contribution >= 0.6 is 11.8 Å². The van der Waals surface area contributed by atoms with E-state index in [1.165, 1.54) is 38.5 Å². The van der Waals surface area contributed by atoms with Crippen LogP contribution in [-0.2, 0) is 4.74 Å². The van der Waals surface area contributed by atoms with Gasteiger partial charge in [-0.15, -0.1) is 0 Å². The lowest BCUT2D eigenvalue weighted by Gasteiger charge is -2.34. The van der Waals surface area contributed by atoms with E-state index < -0.39 is 5.60 Å². The van der Waals surface area contributed by atoms with Crippen LogP contribution in [0.15, 0.2) is 0 Å². The third-order valence-corrected chi connectivity index (χ3v) is 6.47. The van der Waals surface area contributed by atoms with Crippen LogP contribution in [0.3, 0.4) is 0 Å². The second-order valence-corrected chi connectivity index (χ2v) is 9.46. The van der Waals surface area contributed by atoms with Gasteiger partial charge in [-0.2, -0.15) is 11.8 Å². The van der Waals surface area contributed by atoms with Gasteiger partial charge in [0.25, 0.3) is 0 Å². The first kappa shape index (κ1) is 18.9. The van der Waals surface area contributed by atoms with Crippen molar-refractivity contribution < 1.29 is 9.53 Å². The van der Waals surface area contributed by atoms with Gasteiger partial charge in [-0.1, -0.05) is 12.8 Å². The summed E-state index contributed by atoms with van der Waals surface area (Å²) in [6.45, 7) is 6.82. The third kappa shape index (κ3) is 6.18. The summed E-state index contributed by atoms with van der Waals surface area (Å²) in [4.78, 5) is 11.9. The summed E-state index contributed by atoms with van der Waals surface area (Å²) < 4.78 is 5.83. The highest BCUT2D eigenvalue weighted by atomic mass is 32.2. The number of carbonyl (C=O) groups excluding carboxylic acids is 1. The Bertz CT molecular complexity index is 389. The molecule has 2 saturated carbocycles. The second kappa shape index (κ2) is 8.11. The molecule has 0 saturated heterocycles. The fourth-order valence-electron chi connectivity index (χ4n) is 3.78. The van der Waals surface area contributed by atoms with Gasteiger partial charge in [0, 0.05) is 23.4 Å². The number of amides is 1. The molecule has 0 aromatic rings. The van der Waals surface area contributed by atoms with Crippen molar-refractivity contribution in [1.82, 2.24) is 10.6 Å². The Morgan fingerprint density at radius 3 is 2.43 bits per heavy atom. The summed E-state index contributed by atoms with van der Waals surface area (Å²) in [7, 11) is 0. The van der Waals surface area contributed by atoms with Gasteiger partial charge in [-0.05, 0) is 65.6 Å². The van der Waals surface area contributed by atoms with Crippen LogP contribution in [0.5, 0.6) is 0 Å². The lowest BCUT2D eigenvalue weighted by molar-refractivity contribution is 0.0488. The average molecular weight is 343 g/mol. The van der Waals surface area contributed by atoms with Crippen molar-refractivity contribution in [2.24, 2.45) is 0 Å². The topological polar surface area (TPSA) is 50.4 Å². The van der Waals surface area contributed by atoms with Crippen LogP contribution in [-0.4, -0.2) is 41.3 Å². The molecular weight excluding hydrogens is 308 g/mol. The monoisotopic (exact) mass is 342 g/mol. The molecule has 2 aliphatic carbocycles. The number of alkyl carbamates (subject to hydrolysis) is 1. The predicted molar refractivity (Wildman–Crippen MR) is 98.1 cm³/mol. The van der Waals surface area contributed by atoms with E-state index in [2.05, 4.69) is 16.9 Å². The van der Waals surface area contributed by atoms with E-state index in [4.69, 9.17) is 4.74 Å². The van der Waals surface area contributed by atoms with Crippen LogP contribution in [0.4, 0.5) is 4.79 Å². The smallest absolute Gasteiger partial charge is 0.407 e. The minimum absolute atomic E-state index is 0.241. The van der Waals surface area contributed by atoms with Gasteiger partial charge in [0.05, 0.1) is 0 Å². The van der Waals surface area contributed by atoms with E-state index in [1.807, 2.05) is 32.5 Å².